The second-order valence-corrected chi connectivity index (χ2v) is 8.16. The molecule has 1 amide bonds. The Balaban J connectivity index is 1.21. The van der Waals surface area contributed by atoms with Crippen LogP contribution in [0.3, 0.4) is 0 Å². The Labute approximate surface area is 170 Å². The van der Waals surface area contributed by atoms with Crippen molar-refractivity contribution in [2.75, 3.05) is 37.6 Å². The summed E-state index contributed by atoms with van der Waals surface area (Å²) in [6.07, 6.45) is 6.02. The second-order valence-electron chi connectivity index (χ2n) is 8.16. The topological polar surface area (TPSA) is 77.2 Å². The maximum atomic E-state index is 13.8. The summed E-state index contributed by atoms with van der Waals surface area (Å²) in [5.74, 6) is 1.05. The number of nitrogens with one attached hydrogen (secondary N) is 2. The number of H-pyrrole nitrogens is 1. The highest BCUT2D eigenvalue weighted by molar-refractivity contribution is 5.78. The van der Waals surface area contributed by atoms with Gasteiger partial charge in [-0.1, -0.05) is 24.6 Å². The SMILES string of the molecule is O=C(Cc1ccccc1F)N[C@@H]1CCC[C@@H](CN2CCN(c3ncn[nH]3)CC2)C1. The number of nitrogens with zero attached hydrogens (tertiary/aromatic N) is 4. The van der Waals surface area contributed by atoms with Crippen LogP contribution in [0.2, 0.25) is 0 Å². The highest BCUT2D eigenvalue weighted by Gasteiger charge is 2.27. The largest absolute Gasteiger partial charge is 0.353 e. The third-order valence-corrected chi connectivity index (χ3v) is 6.05. The molecule has 2 aliphatic rings. The van der Waals surface area contributed by atoms with Crippen molar-refractivity contribution in [3.8, 4) is 0 Å². The second kappa shape index (κ2) is 9.35. The highest BCUT2D eigenvalue weighted by atomic mass is 19.1. The zero-order valence-corrected chi connectivity index (χ0v) is 16.7. The van der Waals surface area contributed by atoms with E-state index >= 15 is 0 Å². The van der Waals surface area contributed by atoms with Gasteiger partial charge in [-0.05, 0) is 36.8 Å². The molecule has 1 saturated carbocycles. The lowest BCUT2D eigenvalue weighted by Crippen LogP contribution is -2.49. The van der Waals surface area contributed by atoms with E-state index < -0.39 is 0 Å². The summed E-state index contributed by atoms with van der Waals surface area (Å²) in [7, 11) is 0. The Kier molecular flexibility index (Phi) is 6.39. The van der Waals surface area contributed by atoms with Crippen LogP contribution in [-0.4, -0.2) is 64.8 Å². The Bertz CT molecular complexity index is 790. The minimum Gasteiger partial charge on any atom is -0.353 e. The maximum Gasteiger partial charge on any atom is 0.224 e. The molecule has 1 aromatic carbocycles. The van der Waals surface area contributed by atoms with Crippen LogP contribution in [0.5, 0.6) is 0 Å². The summed E-state index contributed by atoms with van der Waals surface area (Å²) in [6.45, 7) is 5.00. The van der Waals surface area contributed by atoms with Gasteiger partial charge in [0.1, 0.15) is 12.1 Å². The first-order valence-electron chi connectivity index (χ1n) is 10.5. The van der Waals surface area contributed by atoms with Gasteiger partial charge in [-0.2, -0.15) is 10.1 Å². The number of piperazine rings is 1. The molecule has 1 saturated heterocycles. The first-order chi connectivity index (χ1) is 14.2. The van der Waals surface area contributed by atoms with E-state index in [1.54, 1.807) is 24.5 Å². The molecule has 8 heteroatoms. The van der Waals surface area contributed by atoms with Gasteiger partial charge in [-0.15, -0.1) is 0 Å². The lowest BCUT2D eigenvalue weighted by molar-refractivity contribution is -0.121. The lowest BCUT2D eigenvalue weighted by atomic mass is 9.85. The average Bonchev–Trinajstić information content (AvgIpc) is 3.25. The van der Waals surface area contributed by atoms with Gasteiger partial charge in [0.15, 0.2) is 0 Å². The van der Waals surface area contributed by atoms with E-state index in [0.29, 0.717) is 11.5 Å². The standard InChI is InChI=1S/C21H29FN6O/c22-19-7-2-1-5-17(19)13-20(29)25-18-6-3-4-16(12-18)14-27-8-10-28(11-9-27)21-23-15-24-26-21/h1-2,5,7,15-16,18H,3-4,6,8-14H2,(H,25,29)(H,23,24,26)/t16-,18-/m1/s1. The molecule has 1 aliphatic carbocycles. The zero-order valence-electron chi connectivity index (χ0n) is 16.7. The van der Waals surface area contributed by atoms with Crippen LogP contribution in [0, 0.1) is 11.7 Å². The van der Waals surface area contributed by atoms with Crippen LogP contribution >= 0.6 is 0 Å². The number of anilines is 1. The molecule has 1 aliphatic heterocycles. The van der Waals surface area contributed by atoms with E-state index in [1.807, 2.05) is 0 Å². The zero-order chi connectivity index (χ0) is 20.1. The van der Waals surface area contributed by atoms with E-state index in [-0.39, 0.29) is 24.2 Å². The van der Waals surface area contributed by atoms with Crippen molar-refractivity contribution >= 4 is 11.9 Å². The van der Waals surface area contributed by atoms with Crippen LogP contribution in [0.25, 0.3) is 0 Å². The van der Waals surface area contributed by atoms with Crippen molar-refractivity contribution in [1.29, 1.82) is 0 Å². The fourth-order valence-electron chi connectivity index (χ4n) is 4.54. The number of hydrogen-bond donors (Lipinski definition) is 2. The molecule has 2 N–H and O–H groups in total. The molecule has 0 radical (unpaired) electrons. The molecular weight excluding hydrogens is 371 g/mol. The van der Waals surface area contributed by atoms with Crippen LogP contribution in [0.15, 0.2) is 30.6 Å². The molecule has 2 aromatic rings. The predicted molar refractivity (Wildman–Crippen MR) is 109 cm³/mol. The highest BCUT2D eigenvalue weighted by Crippen LogP contribution is 2.26. The quantitative estimate of drug-likeness (QED) is 0.775. The van der Waals surface area contributed by atoms with E-state index in [9.17, 15) is 9.18 Å². The first kappa shape index (κ1) is 19.8. The predicted octanol–water partition coefficient (Wildman–Crippen LogP) is 1.98. The molecule has 2 fully saturated rings. The molecule has 0 bridgehead atoms. The van der Waals surface area contributed by atoms with Crippen molar-refractivity contribution in [2.45, 2.75) is 38.1 Å². The first-order valence-corrected chi connectivity index (χ1v) is 10.5. The van der Waals surface area contributed by atoms with Crippen LogP contribution in [-0.2, 0) is 11.2 Å². The lowest BCUT2D eigenvalue weighted by Gasteiger charge is -2.38. The third-order valence-electron chi connectivity index (χ3n) is 6.05. The van der Waals surface area contributed by atoms with Crippen molar-refractivity contribution in [3.63, 3.8) is 0 Å². The molecular formula is C21H29FN6O. The number of carbonyl (C=O) groups excluding carboxylic acids is 1. The van der Waals surface area contributed by atoms with Gasteiger partial charge in [-0.25, -0.2) is 9.49 Å². The fraction of sp³-hybridized carbons (Fsp3) is 0.571. The van der Waals surface area contributed by atoms with Gasteiger partial charge in [0.2, 0.25) is 11.9 Å². The Morgan fingerprint density at radius 1 is 1.21 bits per heavy atom. The van der Waals surface area contributed by atoms with Gasteiger partial charge in [0.25, 0.3) is 0 Å². The number of carbonyl (C=O) groups is 1. The van der Waals surface area contributed by atoms with E-state index in [4.69, 9.17) is 0 Å². The third kappa shape index (κ3) is 5.32. The van der Waals surface area contributed by atoms with Crippen molar-refractivity contribution in [2.24, 2.45) is 5.92 Å². The molecule has 2 heterocycles. The van der Waals surface area contributed by atoms with E-state index in [1.165, 1.54) is 12.5 Å². The van der Waals surface area contributed by atoms with Gasteiger partial charge < -0.3 is 10.2 Å². The number of hydrogen-bond acceptors (Lipinski definition) is 5. The van der Waals surface area contributed by atoms with Gasteiger partial charge in [-0.3, -0.25) is 9.69 Å². The summed E-state index contributed by atoms with van der Waals surface area (Å²) < 4.78 is 13.8. The Morgan fingerprint density at radius 3 is 2.79 bits per heavy atom. The molecule has 156 valence electrons. The Morgan fingerprint density at radius 2 is 2.03 bits per heavy atom. The van der Waals surface area contributed by atoms with Gasteiger partial charge in [0.05, 0.1) is 6.42 Å². The van der Waals surface area contributed by atoms with Gasteiger partial charge in [0, 0.05) is 38.8 Å². The van der Waals surface area contributed by atoms with E-state index in [0.717, 1.165) is 57.9 Å². The summed E-state index contributed by atoms with van der Waals surface area (Å²) in [6, 6.07) is 6.69. The monoisotopic (exact) mass is 400 g/mol. The molecule has 1 aromatic heterocycles. The van der Waals surface area contributed by atoms with E-state index in [2.05, 4.69) is 30.3 Å². The minimum atomic E-state index is -0.311. The maximum absolute atomic E-state index is 13.8. The van der Waals surface area contributed by atoms with Crippen molar-refractivity contribution in [1.82, 2.24) is 25.4 Å². The minimum absolute atomic E-state index is 0.0820. The smallest absolute Gasteiger partial charge is 0.224 e. The molecule has 0 spiro atoms. The van der Waals surface area contributed by atoms with Crippen molar-refractivity contribution < 1.29 is 9.18 Å². The molecule has 4 rings (SSSR count). The molecule has 7 nitrogen and oxygen atoms in total. The van der Waals surface area contributed by atoms with Crippen molar-refractivity contribution in [3.05, 3.63) is 42.0 Å². The number of amides is 1. The van der Waals surface area contributed by atoms with Gasteiger partial charge >= 0.3 is 0 Å². The fourth-order valence-corrected chi connectivity index (χ4v) is 4.54. The molecule has 2 atom stereocenters. The molecule has 0 unspecified atom stereocenters. The van der Waals surface area contributed by atoms with Crippen LogP contribution in [0.4, 0.5) is 10.3 Å². The average molecular weight is 401 g/mol. The van der Waals surface area contributed by atoms with Crippen LogP contribution in [0.1, 0.15) is 31.2 Å². The number of benzene rings is 1. The van der Waals surface area contributed by atoms with Crippen LogP contribution < -0.4 is 10.2 Å². The number of aromatic amines is 1. The summed E-state index contributed by atoms with van der Waals surface area (Å²) in [4.78, 5) is 21.3. The summed E-state index contributed by atoms with van der Waals surface area (Å²) in [5, 5.41) is 9.99. The summed E-state index contributed by atoms with van der Waals surface area (Å²) in [5.41, 5.74) is 0.460. The molecule has 29 heavy (non-hydrogen) atoms. The Hall–Kier alpha value is -2.48. The number of aromatic nitrogens is 3. The normalized spacial score (nSPS) is 23.1. The summed E-state index contributed by atoms with van der Waals surface area (Å²) >= 11 is 0. The number of halogens is 1. The number of rotatable bonds is 6.